The summed E-state index contributed by atoms with van der Waals surface area (Å²) in [6.07, 6.45) is -1.22. The van der Waals surface area contributed by atoms with Crippen molar-refractivity contribution in [1.82, 2.24) is 0 Å². The number of esters is 1. The van der Waals surface area contributed by atoms with Gasteiger partial charge in [0, 0.05) is 12.0 Å². The number of rotatable bonds is 10. The van der Waals surface area contributed by atoms with Gasteiger partial charge in [-0.15, -0.1) is 0 Å². The highest BCUT2D eigenvalue weighted by Crippen LogP contribution is 2.48. The van der Waals surface area contributed by atoms with Crippen LogP contribution in [-0.4, -0.2) is 39.8 Å². The summed E-state index contributed by atoms with van der Waals surface area (Å²) >= 11 is 0. The molecule has 0 N–H and O–H groups in total. The Morgan fingerprint density at radius 3 is 2.00 bits per heavy atom. The summed E-state index contributed by atoms with van der Waals surface area (Å²) < 4.78 is 58.0. The molecule has 0 radical (unpaired) electrons. The minimum atomic E-state index is -4.08. The van der Waals surface area contributed by atoms with Crippen molar-refractivity contribution in [2.24, 2.45) is 0 Å². The van der Waals surface area contributed by atoms with Gasteiger partial charge in [0.2, 0.25) is 15.3 Å². The number of carbonyl (C=O) groups is 1. The van der Waals surface area contributed by atoms with E-state index in [1.807, 2.05) is 67.6 Å². The molecule has 1 saturated heterocycles. The summed E-state index contributed by atoms with van der Waals surface area (Å²) in [6, 6.07) is 31.1. The van der Waals surface area contributed by atoms with E-state index in [2.05, 4.69) is 0 Å². The summed E-state index contributed by atoms with van der Waals surface area (Å²) in [7, 11) is -2.62. The second-order valence-corrected chi connectivity index (χ2v) is 12.9. The summed E-state index contributed by atoms with van der Waals surface area (Å²) in [5.41, 5.74) is 1.47. The predicted molar refractivity (Wildman–Crippen MR) is 163 cm³/mol. The smallest absolute Gasteiger partial charge is 0.340 e. The Labute approximate surface area is 257 Å². The van der Waals surface area contributed by atoms with Crippen molar-refractivity contribution >= 4 is 15.8 Å². The zero-order chi connectivity index (χ0) is 30.7. The normalized spacial score (nSPS) is 23.1. The Balaban J connectivity index is 1.32. The molecule has 0 amide bonds. The largest absolute Gasteiger partial charge is 0.496 e. The fraction of sp³-hybridized carbons (Fsp3) is 0.286. The lowest BCUT2D eigenvalue weighted by Crippen LogP contribution is -2.47. The van der Waals surface area contributed by atoms with E-state index in [0.717, 1.165) is 11.1 Å². The first-order chi connectivity index (χ1) is 21.4. The molecular weight excluding hydrogens is 580 g/mol. The van der Waals surface area contributed by atoms with Crippen molar-refractivity contribution < 1.29 is 36.9 Å². The molecule has 4 aromatic carbocycles. The topological polar surface area (TPSA) is 97.4 Å². The lowest BCUT2D eigenvalue weighted by atomic mass is 9.91. The van der Waals surface area contributed by atoms with E-state index < -0.39 is 27.3 Å². The van der Waals surface area contributed by atoms with Crippen LogP contribution in [0.1, 0.15) is 57.5 Å². The molecule has 0 aromatic heterocycles. The highest BCUT2D eigenvalue weighted by Gasteiger charge is 2.46. The second kappa shape index (κ2) is 12.9. The molecule has 3 unspecified atom stereocenters. The second-order valence-electron chi connectivity index (χ2n) is 10.9. The van der Waals surface area contributed by atoms with E-state index in [0.29, 0.717) is 25.2 Å². The van der Waals surface area contributed by atoms with Gasteiger partial charge in [0.15, 0.2) is 0 Å². The fourth-order valence-corrected chi connectivity index (χ4v) is 7.41. The molecule has 2 aliphatic heterocycles. The van der Waals surface area contributed by atoms with E-state index >= 15 is 0 Å². The first-order valence-corrected chi connectivity index (χ1v) is 16.1. The SMILES string of the molecule is COc1c([C@H]2C[C@@H](OCc3ccccc3)C(OCc3ccccc3)C(C)O2)ccc2c1C(S(=O)(=O)c1ccccc1)OC2=O. The molecule has 0 saturated carbocycles. The Bertz CT molecular complexity index is 1690. The van der Waals surface area contributed by atoms with Gasteiger partial charge in [0.1, 0.15) is 11.9 Å². The number of ether oxygens (including phenoxy) is 5. The van der Waals surface area contributed by atoms with E-state index in [-0.39, 0.29) is 40.1 Å². The number of hydrogen-bond acceptors (Lipinski definition) is 8. The van der Waals surface area contributed by atoms with Gasteiger partial charge in [-0.1, -0.05) is 84.9 Å². The van der Waals surface area contributed by atoms with E-state index in [9.17, 15) is 13.2 Å². The van der Waals surface area contributed by atoms with Crippen molar-refractivity contribution in [2.75, 3.05) is 7.11 Å². The third-order valence-electron chi connectivity index (χ3n) is 8.05. The standard InChI is InChI=1S/C35H34O8S/c1-23-32(41-22-25-14-8-4-9-15-25)30(40-21-24-12-6-3-7-13-24)20-29(42-23)27-18-19-28-31(33(27)39-2)35(43-34(28)36)44(37,38)26-16-10-5-11-17-26/h3-19,23,29-30,32,35H,20-22H2,1-2H3/t23?,29-,30-,32?,35?/m1/s1. The van der Waals surface area contributed by atoms with Crippen LogP contribution >= 0.6 is 0 Å². The Morgan fingerprint density at radius 2 is 1.39 bits per heavy atom. The quantitative estimate of drug-likeness (QED) is 0.191. The van der Waals surface area contributed by atoms with Crippen LogP contribution in [0, 0.1) is 0 Å². The average Bonchev–Trinajstić information content (AvgIpc) is 3.41. The molecule has 6 rings (SSSR count). The summed E-state index contributed by atoms with van der Waals surface area (Å²) in [5.74, 6) is -0.466. The number of sulfone groups is 1. The van der Waals surface area contributed by atoms with Crippen molar-refractivity contribution in [3.8, 4) is 5.75 Å². The number of cyclic esters (lactones) is 1. The van der Waals surface area contributed by atoms with Crippen LogP contribution in [0.15, 0.2) is 108 Å². The monoisotopic (exact) mass is 614 g/mol. The molecular formula is C35H34O8S. The molecule has 9 heteroatoms. The van der Waals surface area contributed by atoms with Crippen molar-refractivity contribution in [2.45, 2.75) is 61.3 Å². The van der Waals surface area contributed by atoms with Crippen LogP contribution in [0.5, 0.6) is 5.75 Å². The molecule has 8 nitrogen and oxygen atoms in total. The minimum Gasteiger partial charge on any atom is -0.496 e. The van der Waals surface area contributed by atoms with Crippen LogP contribution < -0.4 is 4.74 Å². The van der Waals surface area contributed by atoms with Gasteiger partial charge >= 0.3 is 5.97 Å². The summed E-state index contributed by atoms with van der Waals surface area (Å²) in [5, 5.41) is 0. The van der Waals surface area contributed by atoms with Crippen LogP contribution in [0.3, 0.4) is 0 Å². The Hall–Kier alpha value is -4.02. The zero-order valence-electron chi connectivity index (χ0n) is 24.5. The van der Waals surface area contributed by atoms with Crippen molar-refractivity contribution in [3.05, 3.63) is 131 Å². The summed E-state index contributed by atoms with van der Waals surface area (Å²) in [4.78, 5) is 12.9. The van der Waals surface area contributed by atoms with E-state index in [4.69, 9.17) is 23.7 Å². The number of methoxy groups -OCH3 is 1. The third-order valence-corrected chi connectivity index (χ3v) is 9.87. The Morgan fingerprint density at radius 1 is 0.795 bits per heavy atom. The predicted octanol–water partition coefficient (Wildman–Crippen LogP) is 6.36. The summed E-state index contributed by atoms with van der Waals surface area (Å²) in [6.45, 7) is 2.72. The molecule has 2 aliphatic rings. The molecule has 44 heavy (non-hydrogen) atoms. The fourth-order valence-electron chi connectivity index (χ4n) is 5.87. The molecule has 1 fully saturated rings. The van der Waals surface area contributed by atoms with Gasteiger partial charge in [-0.2, -0.15) is 0 Å². The molecule has 4 aromatic rings. The maximum absolute atomic E-state index is 13.7. The maximum atomic E-state index is 13.7. The molecule has 2 heterocycles. The van der Waals surface area contributed by atoms with Crippen LogP contribution in [0.25, 0.3) is 0 Å². The highest BCUT2D eigenvalue weighted by atomic mass is 32.2. The van der Waals surface area contributed by atoms with Crippen LogP contribution in [0.4, 0.5) is 0 Å². The van der Waals surface area contributed by atoms with E-state index in [1.54, 1.807) is 30.3 Å². The molecule has 228 valence electrons. The first-order valence-electron chi connectivity index (χ1n) is 14.5. The Kier molecular flexibility index (Phi) is 8.81. The average molecular weight is 615 g/mol. The number of hydrogen-bond donors (Lipinski definition) is 0. The van der Waals surface area contributed by atoms with Crippen molar-refractivity contribution in [3.63, 3.8) is 0 Å². The van der Waals surface area contributed by atoms with Gasteiger partial charge in [-0.3, -0.25) is 0 Å². The third kappa shape index (κ3) is 6.01. The molecule has 0 aliphatic carbocycles. The van der Waals surface area contributed by atoms with Gasteiger partial charge in [0.25, 0.3) is 0 Å². The van der Waals surface area contributed by atoms with Crippen LogP contribution in [0.2, 0.25) is 0 Å². The van der Waals surface area contributed by atoms with Gasteiger partial charge < -0.3 is 23.7 Å². The highest BCUT2D eigenvalue weighted by molar-refractivity contribution is 7.91. The van der Waals surface area contributed by atoms with Gasteiger partial charge in [-0.25, -0.2) is 13.2 Å². The molecule has 0 spiro atoms. The van der Waals surface area contributed by atoms with Gasteiger partial charge in [-0.05, 0) is 36.2 Å². The van der Waals surface area contributed by atoms with Crippen LogP contribution in [-0.2, 0) is 42.0 Å². The van der Waals surface area contributed by atoms with E-state index in [1.165, 1.54) is 19.2 Å². The molecule has 0 bridgehead atoms. The number of benzene rings is 4. The van der Waals surface area contributed by atoms with Crippen molar-refractivity contribution in [1.29, 1.82) is 0 Å². The number of fused-ring (bicyclic) bond motifs is 1. The lowest BCUT2D eigenvalue weighted by Gasteiger charge is -2.41. The minimum absolute atomic E-state index is 0.0495. The zero-order valence-corrected chi connectivity index (χ0v) is 25.3. The number of carbonyl (C=O) groups excluding carboxylic acids is 1. The first kappa shape index (κ1) is 30.0. The van der Waals surface area contributed by atoms with Gasteiger partial charge in [0.05, 0.1) is 54.7 Å². The molecule has 5 atom stereocenters. The lowest BCUT2D eigenvalue weighted by molar-refractivity contribution is -0.204. The maximum Gasteiger partial charge on any atom is 0.340 e.